The quantitative estimate of drug-likeness (QED) is 0.881. The molecule has 1 saturated heterocycles. The monoisotopic (exact) mass is 247 g/mol. The Morgan fingerprint density at radius 2 is 2.06 bits per heavy atom. The van der Waals surface area contributed by atoms with Crippen LogP contribution >= 0.6 is 0 Å². The molecule has 0 radical (unpaired) electrons. The van der Waals surface area contributed by atoms with Crippen molar-refractivity contribution >= 4 is 0 Å². The smallest absolute Gasteiger partial charge is 0.0734 e. The number of nitrogens with zero attached hydrogens (tertiary/aromatic N) is 1. The van der Waals surface area contributed by atoms with Crippen LogP contribution in [0, 0.1) is 5.92 Å². The molecule has 3 atom stereocenters. The fourth-order valence-corrected chi connectivity index (χ4v) is 3.29. The number of ether oxygens (including phenoxy) is 1. The van der Waals surface area contributed by atoms with Gasteiger partial charge in [-0.3, -0.25) is 4.90 Å². The van der Waals surface area contributed by atoms with Crippen molar-refractivity contribution in [1.82, 2.24) is 4.90 Å². The van der Waals surface area contributed by atoms with Gasteiger partial charge in [0, 0.05) is 25.7 Å². The third-order valence-corrected chi connectivity index (χ3v) is 4.24. The van der Waals surface area contributed by atoms with Gasteiger partial charge in [-0.2, -0.15) is 0 Å². The van der Waals surface area contributed by atoms with Gasteiger partial charge in [-0.05, 0) is 24.3 Å². The molecule has 0 unspecified atom stereocenters. The van der Waals surface area contributed by atoms with Gasteiger partial charge in [-0.15, -0.1) is 0 Å². The fraction of sp³-hybridized carbons (Fsp3) is 0.600. The minimum Gasteiger partial charge on any atom is -0.396 e. The Bertz CT molecular complexity index is 381. The Morgan fingerprint density at radius 1 is 1.22 bits per heavy atom. The Balaban J connectivity index is 1.68. The summed E-state index contributed by atoms with van der Waals surface area (Å²) in [5, 5.41) is 9.31. The second-order valence-electron chi connectivity index (χ2n) is 5.45. The van der Waals surface area contributed by atoms with E-state index in [1.165, 1.54) is 5.56 Å². The zero-order valence-corrected chi connectivity index (χ0v) is 10.7. The number of hydrogen-bond acceptors (Lipinski definition) is 3. The van der Waals surface area contributed by atoms with Crippen LogP contribution in [0.1, 0.15) is 18.4 Å². The summed E-state index contributed by atoms with van der Waals surface area (Å²) in [6.07, 6.45) is 2.43. The first-order chi connectivity index (χ1) is 8.86. The van der Waals surface area contributed by atoms with Crippen molar-refractivity contribution in [2.24, 2.45) is 5.92 Å². The van der Waals surface area contributed by atoms with E-state index in [0.717, 1.165) is 32.5 Å². The molecule has 2 aliphatic rings. The maximum atomic E-state index is 9.31. The third kappa shape index (κ3) is 2.44. The maximum Gasteiger partial charge on any atom is 0.0734 e. The van der Waals surface area contributed by atoms with Gasteiger partial charge in [0.25, 0.3) is 0 Å². The first-order valence-electron chi connectivity index (χ1n) is 6.87. The molecule has 1 aromatic carbocycles. The molecule has 1 saturated carbocycles. The van der Waals surface area contributed by atoms with Crippen molar-refractivity contribution in [2.45, 2.75) is 31.5 Å². The summed E-state index contributed by atoms with van der Waals surface area (Å²) in [4.78, 5) is 2.53. The van der Waals surface area contributed by atoms with E-state index < -0.39 is 0 Å². The summed E-state index contributed by atoms with van der Waals surface area (Å²) in [7, 11) is 0. The van der Waals surface area contributed by atoms with Gasteiger partial charge in [0.2, 0.25) is 0 Å². The molecular formula is C15H21NO2. The number of fused-ring (bicyclic) bond motifs is 1. The number of benzene rings is 1. The average molecular weight is 247 g/mol. The third-order valence-electron chi connectivity index (χ3n) is 4.24. The van der Waals surface area contributed by atoms with E-state index in [1.807, 2.05) is 0 Å². The standard InChI is InChI=1S/C15H21NO2/c17-11-13-8-14-15(9-13)18-7-6-16(14)10-12-4-2-1-3-5-12/h1-5,13-15,17H,6-11H2/t13-,14+,15+/m1/s1. The molecular weight excluding hydrogens is 226 g/mol. The molecule has 98 valence electrons. The Labute approximate surface area is 108 Å². The molecule has 18 heavy (non-hydrogen) atoms. The largest absolute Gasteiger partial charge is 0.396 e. The topological polar surface area (TPSA) is 32.7 Å². The molecule has 3 rings (SSSR count). The van der Waals surface area contributed by atoms with Gasteiger partial charge in [0.05, 0.1) is 12.7 Å². The van der Waals surface area contributed by atoms with E-state index in [4.69, 9.17) is 4.74 Å². The van der Waals surface area contributed by atoms with Crippen molar-refractivity contribution in [2.75, 3.05) is 19.8 Å². The van der Waals surface area contributed by atoms with Crippen molar-refractivity contribution in [3.8, 4) is 0 Å². The van der Waals surface area contributed by atoms with Crippen LogP contribution < -0.4 is 0 Å². The SMILES string of the molecule is OC[C@H]1C[C@@H]2OCCN(Cc3ccccc3)[C@H]2C1. The lowest BCUT2D eigenvalue weighted by molar-refractivity contribution is -0.0590. The molecule has 1 N–H and O–H groups in total. The van der Waals surface area contributed by atoms with Crippen molar-refractivity contribution in [3.05, 3.63) is 35.9 Å². The van der Waals surface area contributed by atoms with E-state index in [0.29, 0.717) is 24.7 Å². The highest BCUT2D eigenvalue weighted by Gasteiger charge is 2.40. The minimum atomic E-state index is 0.301. The van der Waals surface area contributed by atoms with Gasteiger partial charge >= 0.3 is 0 Å². The van der Waals surface area contributed by atoms with Crippen LogP contribution in [0.5, 0.6) is 0 Å². The van der Waals surface area contributed by atoms with E-state index >= 15 is 0 Å². The number of morpholine rings is 1. The van der Waals surface area contributed by atoms with Gasteiger partial charge in [-0.25, -0.2) is 0 Å². The van der Waals surface area contributed by atoms with Crippen molar-refractivity contribution in [3.63, 3.8) is 0 Å². The van der Waals surface area contributed by atoms with Crippen molar-refractivity contribution < 1.29 is 9.84 Å². The van der Waals surface area contributed by atoms with E-state index in [1.54, 1.807) is 0 Å². The van der Waals surface area contributed by atoms with Crippen LogP contribution in [0.15, 0.2) is 30.3 Å². The molecule has 1 aromatic rings. The maximum absolute atomic E-state index is 9.31. The number of aliphatic hydroxyl groups is 1. The zero-order valence-electron chi connectivity index (χ0n) is 10.7. The Morgan fingerprint density at radius 3 is 2.83 bits per heavy atom. The Hall–Kier alpha value is -0.900. The highest BCUT2D eigenvalue weighted by atomic mass is 16.5. The highest BCUT2D eigenvalue weighted by molar-refractivity contribution is 5.15. The van der Waals surface area contributed by atoms with Gasteiger partial charge in [0.15, 0.2) is 0 Å². The number of rotatable bonds is 3. The normalized spacial score (nSPS) is 32.4. The second kappa shape index (κ2) is 5.39. The summed E-state index contributed by atoms with van der Waals surface area (Å²) in [5.74, 6) is 0.427. The minimum absolute atomic E-state index is 0.301. The van der Waals surface area contributed by atoms with E-state index in [9.17, 15) is 5.11 Å². The van der Waals surface area contributed by atoms with E-state index in [-0.39, 0.29) is 0 Å². The van der Waals surface area contributed by atoms with Gasteiger partial charge in [-0.1, -0.05) is 30.3 Å². The average Bonchev–Trinajstić information content (AvgIpc) is 2.84. The lowest BCUT2D eigenvalue weighted by Crippen LogP contribution is -2.47. The lowest BCUT2D eigenvalue weighted by atomic mass is 10.1. The molecule has 1 heterocycles. The first-order valence-corrected chi connectivity index (χ1v) is 6.87. The summed E-state index contributed by atoms with van der Waals surface area (Å²) in [6.45, 7) is 3.14. The molecule has 0 amide bonds. The van der Waals surface area contributed by atoms with Crippen LogP contribution in [0.2, 0.25) is 0 Å². The predicted octanol–water partition coefficient (Wildman–Crippen LogP) is 1.66. The summed E-state index contributed by atoms with van der Waals surface area (Å²) >= 11 is 0. The zero-order chi connectivity index (χ0) is 12.4. The second-order valence-corrected chi connectivity index (χ2v) is 5.45. The summed E-state index contributed by atoms with van der Waals surface area (Å²) in [5.41, 5.74) is 1.37. The van der Waals surface area contributed by atoms with Crippen molar-refractivity contribution in [1.29, 1.82) is 0 Å². The summed E-state index contributed by atoms with van der Waals surface area (Å²) in [6, 6.07) is 11.1. The van der Waals surface area contributed by atoms with Crippen LogP contribution in [0.4, 0.5) is 0 Å². The highest BCUT2D eigenvalue weighted by Crippen LogP contribution is 2.34. The molecule has 0 aromatic heterocycles. The Kier molecular flexibility index (Phi) is 3.64. The van der Waals surface area contributed by atoms with Crippen LogP contribution in [-0.4, -0.2) is 41.9 Å². The van der Waals surface area contributed by atoms with Gasteiger partial charge < -0.3 is 9.84 Å². The molecule has 3 nitrogen and oxygen atoms in total. The van der Waals surface area contributed by atoms with Crippen LogP contribution in [0.25, 0.3) is 0 Å². The van der Waals surface area contributed by atoms with Gasteiger partial charge in [0.1, 0.15) is 0 Å². The van der Waals surface area contributed by atoms with Crippen LogP contribution in [-0.2, 0) is 11.3 Å². The molecule has 2 fully saturated rings. The molecule has 0 bridgehead atoms. The predicted molar refractivity (Wildman–Crippen MR) is 70.2 cm³/mol. The number of aliphatic hydroxyl groups excluding tert-OH is 1. The molecule has 1 aliphatic carbocycles. The van der Waals surface area contributed by atoms with Crippen LogP contribution in [0.3, 0.4) is 0 Å². The molecule has 0 spiro atoms. The molecule has 3 heteroatoms. The van der Waals surface area contributed by atoms with E-state index in [2.05, 4.69) is 35.2 Å². The first kappa shape index (κ1) is 12.2. The summed E-state index contributed by atoms with van der Waals surface area (Å²) < 4.78 is 5.85. The number of hydrogen-bond donors (Lipinski definition) is 1. The fourth-order valence-electron chi connectivity index (χ4n) is 3.29. The lowest BCUT2D eigenvalue weighted by Gasteiger charge is -2.37. The molecule has 1 aliphatic heterocycles.